The van der Waals surface area contributed by atoms with E-state index in [0.29, 0.717) is 13.0 Å². The number of benzene rings is 1. The third-order valence-corrected chi connectivity index (χ3v) is 6.05. The van der Waals surface area contributed by atoms with Gasteiger partial charge in [0.25, 0.3) is 0 Å². The number of aryl methyl sites for hydroxylation is 1. The Balaban J connectivity index is 1.41. The van der Waals surface area contributed by atoms with E-state index in [1.807, 2.05) is 41.4 Å². The number of piperidine rings is 1. The third kappa shape index (κ3) is 3.43. The first kappa shape index (κ1) is 17.3. The predicted molar refractivity (Wildman–Crippen MR) is 104 cm³/mol. The summed E-state index contributed by atoms with van der Waals surface area (Å²) >= 11 is 5.96. The minimum atomic E-state index is 0.128. The standard InChI is InChI=1S/C21H24ClN3O/c1-16-3-2-10-23-20(16)24-11-8-21(9-12-24)13-19(26)25(15-21)14-17-4-6-18(22)7-5-17/h2-7,10H,8-9,11-15H2,1H3. The van der Waals surface area contributed by atoms with Gasteiger partial charge < -0.3 is 9.80 Å². The van der Waals surface area contributed by atoms with Crippen molar-refractivity contribution in [1.29, 1.82) is 0 Å². The lowest BCUT2D eigenvalue weighted by atomic mass is 9.77. The first-order valence-electron chi connectivity index (χ1n) is 9.24. The number of nitrogens with zero attached hydrogens (tertiary/aromatic N) is 3. The molecular weight excluding hydrogens is 346 g/mol. The van der Waals surface area contributed by atoms with Gasteiger partial charge in [0.2, 0.25) is 5.91 Å². The second kappa shape index (κ2) is 6.92. The maximum Gasteiger partial charge on any atom is 0.223 e. The Kier molecular flexibility index (Phi) is 4.62. The lowest BCUT2D eigenvalue weighted by Gasteiger charge is -2.39. The number of carbonyl (C=O) groups is 1. The fourth-order valence-corrected chi connectivity index (χ4v) is 4.40. The van der Waals surface area contributed by atoms with Crippen molar-refractivity contribution in [3.63, 3.8) is 0 Å². The van der Waals surface area contributed by atoms with Crippen LogP contribution >= 0.6 is 11.6 Å². The van der Waals surface area contributed by atoms with Crippen LogP contribution in [0.4, 0.5) is 5.82 Å². The molecule has 2 aliphatic rings. The van der Waals surface area contributed by atoms with Gasteiger partial charge in [-0.1, -0.05) is 29.8 Å². The number of carbonyl (C=O) groups excluding carboxylic acids is 1. The molecule has 4 nitrogen and oxygen atoms in total. The van der Waals surface area contributed by atoms with Gasteiger partial charge in [0.1, 0.15) is 5.82 Å². The molecule has 1 aromatic heterocycles. The molecule has 0 atom stereocenters. The van der Waals surface area contributed by atoms with Crippen LogP contribution in [0.25, 0.3) is 0 Å². The molecule has 2 saturated heterocycles. The number of rotatable bonds is 3. The average Bonchev–Trinajstić information content (AvgIpc) is 2.93. The molecule has 2 fully saturated rings. The van der Waals surface area contributed by atoms with Crippen molar-refractivity contribution >= 4 is 23.3 Å². The number of likely N-dealkylation sites (tertiary alicyclic amines) is 1. The molecule has 0 unspecified atom stereocenters. The summed E-state index contributed by atoms with van der Waals surface area (Å²) in [5.41, 5.74) is 2.49. The molecule has 0 bridgehead atoms. The van der Waals surface area contributed by atoms with E-state index in [0.717, 1.165) is 48.9 Å². The molecule has 1 aromatic carbocycles. The zero-order valence-corrected chi connectivity index (χ0v) is 15.9. The molecule has 0 radical (unpaired) electrons. The smallest absolute Gasteiger partial charge is 0.223 e. The van der Waals surface area contributed by atoms with Crippen molar-refractivity contribution in [2.45, 2.75) is 32.7 Å². The topological polar surface area (TPSA) is 36.4 Å². The van der Waals surface area contributed by atoms with E-state index in [2.05, 4.69) is 22.9 Å². The van der Waals surface area contributed by atoms with Crippen LogP contribution in [0.3, 0.4) is 0 Å². The van der Waals surface area contributed by atoms with Gasteiger partial charge in [-0.3, -0.25) is 4.79 Å². The number of halogens is 1. The Labute approximate surface area is 159 Å². The second-order valence-electron chi connectivity index (χ2n) is 7.68. The zero-order valence-electron chi connectivity index (χ0n) is 15.1. The Morgan fingerprint density at radius 1 is 1.15 bits per heavy atom. The fourth-order valence-electron chi connectivity index (χ4n) is 4.27. The fraction of sp³-hybridized carbons (Fsp3) is 0.429. The maximum absolute atomic E-state index is 12.6. The van der Waals surface area contributed by atoms with Crippen molar-refractivity contribution in [1.82, 2.24) is 9.88 Å². The summed E-state index contributed by atoms with van der Waals surface area (Å²) < 4.78 is 0. The van der Waals surface area contributed by atoms with Gasteiger partial charge in [-0.05, 0) is 49.1 Å². The SMILES string of the molecule is Cc1cccnc1N1CCC2(CC1)CC(=O)N(Cc1ccc(Cl)cc1)C2. The van der Waals surface area contributed by atoms with Crippen LogP contribution in [0.5, 0.6) is 0 Å². The van der Waals surface area contributed by atoms with E-state index in [4.69, 9.17) is 11.6 Å². The zero-order chi connectivity index (χ0) is 18.1. The molecule has 0 saturated carbocycles. The molecule has 4 rings (SSSR count). The first-order chi connectivity index (χ1) is 12.5. The summed E-state index contributed by atoms with van der Waals surface area (Å²) in [5.74, 6) is 1.37. The number of anilines is 1. The number of pyridine rings is 1. The molecule has 2 aliphatic heterocycles. The average molecular weight is 370 g/mol. The van der Waals surface area contributed by atoms with Crippen LogP contribution in [0.15, 0.2) is 42.6 Å². The highest BCUT2D eigenvalue weighted by molar-refractivity contribution is 6.30. The summed E-state index contributed by atoms with van der Waals surface area (Å²) in [6.45, 7) is 5.60. The highest BCUT2D eigenvalue weighted by Crippen LogP contribution is 2.42. The van der Waals surface area contributed by atoms with Crippen LogP contribution in [0.1, 0.15) is 30.4 Å². The highest BCUT2D eigenvalue weighted by atomic mass is 35.5. The normalized spacial score (nSPS) is 19.4. The van der Waals surface area contributed by atoms with Crippen LogP contribution < -0.4 is 4.90 Å². The highest BCUT2D eigenvalue weighted by Gasteiger charge is 2.44. The summed E-state index contributed by atoms with van der Waals surface area (Å²) in [7, 11) is 0. The lowest BCUT2D eigenvalue weighted by molar-refractivity contribution is -0.128. The second-order valence-corrected chi connectivity index (χ2v) is 8.12. The van der Waals surface area contributed by atoms with Gasteiger partial charge in [0.15, 0.2) is 0 Å². The van der Waals surface area contributed by atoms with Crippen molar-refractivity contribution in [3.05, 3.63) is 58.7 Å². The number of aromatic nitrogens is 1. The van der Waals surface area contributed by atoms with Crippen molar-refractivity contribution in [3.8, 4) is 0 Å². The molecule has 136 valence electrons. The number of hydrogen-bond acceptors (Lipinski definition) is 3. The molecule has 0 aliphatic carbocycles. The lowest BCUT2D eigenvalue weighted by Crippen LogP contribution is -2.42. The Morgan fingerprint density at radius 3 is 2.58 bits per heavy atom. The largest absolute Gasteiger partial charge is 0.356 e. The van der Waals surface area contributed by atoms with Crippen molar-refractivity contribution in [2.24, 2.45) is 5.41 Å². The number of amides is 1. The molecule has 1 amide bonds. The van der Waals surface area contributed by atoms with Crippen LogP contribution in [-0.4, -0.2) is 35.4 Å². The van der Waals surface area contributed by atoms with Crippen LogP contribution in [-0.2, 0) is 11.3 Å². The molecule has 26 heavy (non-hydrogen) atoms. The van der Waals surface area contributed by atoms with E-state index >= 15 is 0 Å². The van der Waals surface area contributed by atoms with Crippen LogP contribution in [0, 0.1) is 12.3 Å². The Hall–Kier alpha value is -2.07. The van der Waals surface area contributed by atoms with Gasteiger partial charge in [-0.15, -0.1) is 0 Å². The molecule has 2 aromatic rings. The van der Waals surface area contributed by atoms with Gasteiger partial charge in [0.05, 0.1) is 0 Å². The summed E-state index contributed by atoms with van der Waals surface area (Å²) in [4.78, 5) is 21.5. The third-order valence-electron chi connectivity index (χ3n) is 5.80. The summed E-state index contributed by atoms with van der Waals surface area (Å²) in [6.07, 6.45) is 4.63. The monoisotopic (exact) mass is 369 g/mol. The molecule has 5 heteroatoms. The van der Waals surface area contributed by atoms with E-state index in [-0.39, 0.29) is 11.3 Å². The quantitative estimate of drug-likeness (QED) is 0.818. The number of hydrogen-bond donors (Lipinski definition) is 0. The minimum absolute atomic E-state index is 0.128. The predicted octanol–water partition coefficient (Wildman–Crippen LogP) is 4.06. The van der Waals surface area contributed by atoms with Gasteiger partial charge >= 0.3 is 0 Å². The van der Waals surface area contributed by atoms with E-state index in [1.54, 1.807) is 0 Å². The molecule has 3 heterocycles. The molecular formula is C21H24ClN3O. The van der Waals surface area contributed by atoms with Crippen molar-refractivity contribution in [2.75, 3.05) is 24.5 Å². The summed E-state index contributed by atoms with van der Waals surface area (Å²) in [5, 5.41) is 0.732. The van der Waals surface area contributed by atoms with Gasteiger partial charge in [0, 0.05) is 49.2 Å². The van der Waals surface area contributed by atoms with E-state index in [1.165, 1.54) is 5.56 Å². The summed E-state index contributed by atoms with van der Waals surface area (Å²) in [6, 6.07) is 11.9. The first-order valence-corrected chi connectivity index (χ1v) is 9.61. The van der Waals surface area contributed by atoms with Gasteiger partial charge in [-0.2, -0.15) is 0 Å². The van der Waals surface area contributed by atoms with Crippen molar-refractivity contribution < 1.29 is 4.79 Å². The Bertz CT molecular complexity index is 797. The van der Waals surface area contributed by atoms with E-state index < -0.39 is 0 Å². The molecule has 1 spiro atoms. The Morgan fingerprint density at radius 2 is 1.88 bits per heavy atom. The minimum Gasteiger partial charge on any atom is -0.356 e. The van der Waals surface area contributed by atoms with Gasteiger partial charge in [-0.25, -0.2) is 4.98 Å². The van der Waals surface area contributed by atoms with Crippen LogP contribution in [0.2, 0.25) is 5.02 Å². The molecule has 0 N–H and O–H groups in total. The maximum atomic E-state index is 12.6. The van der Waals surface area contributed by atoms with E-state index in [9.17, 15) is 4.79 Å².